The molecule has 0 amide bonds. The zero-order chi connectivity index (χ0) is 8.39. The molecule has 0 radical (unpaired) electrons. The molecule has 0 atom stereocenters. The zero-order valence-electron chi connectivity index (χ0n) is 7.09. The Morgan fingerprint density at radius 3 is 2.67 bits per heavy atom. The van der Waals surface area contributed by atoms with Crippen LogP contribution in [0.3, 0.4) is 0 Å². The maximum atomic E-state index is 3.29. The molecule has 2 N–H and O–H groups in total. The molecule has 0 spiro atoms. The Bertz CT molecular complexity index is 344. The number of hydrogen-bond acceptors (Lipinski definition) is 0. The number of aromatic amines is 2. The van der Waals surface area contributed by atoms with E-state index in [-0.39, 0.29) is 0 Å². The van der Waals surface area contributed by atoms with E-state index in [9.17, 15) is 0 Å². The van der Waals surface area contributed by atoms with Gasteiger partial charge in [-0.25, -0.2) is 0 Å². The molecule has 2 heterocycles. The fraction of sp³-hybridized carbons (Fsp3) is 0.200. The molecule has 62 valence electrons. The Morgan fingerprint density at radius 2 is 2.08 bits per heavy atom. The first-order valence-electron chi connectivity index (χ1n) is 4.11. The van der Waals surface area contributed by atoms with Crippen LogP contribution in [-0.2, 0) is 6.42 Å². The fourth-order valence-corrected chi connectivity index (χ4v) is 1.35. The SMILES string of the molecule is Cc1ccc(Cc2ccc[nH]2)[nH]1. The monoisotopic (exact) mass is 160 g/mol. The Morgan fingerprint density at radius 1 is 1.17 bits per heavy atom. The van der Waals surface area contributed by atoms with Crippen LogP contribution >= 0.6 is 0 Å². The first kappa shape index (κ1) is 7.22. The van der Waals surface area contributed by atoms with Gasteiger partial charge in [0.05, 0.1) is 0 Å². The van der Waals surface area contributed by atoms with Gasteiger partial charge in [-0.1, -0.05) is 0 Å². The molecule has 0 aliphatic heterocycles. The summed E-state index contributed by atoms with van der Waals surface area (Å²) in [6.45, 7) is 2.07. The molecule has 2 heteroatoms. The van der Waals surface area contributed by atoms with Gasteiger partial charge < -0.3 is 9.97 Å². The molecule has 12 heavy (non-hydrogen) atoms. The van der Waals surface area contributed by atoms with Gasteiger partial charge in [-0.2, -0.15) is 0 Å². The van der Waals surface area contributed by atoms with Crippen LogP contribution in [0.2, 0.25) is 0 Å². The Labute approximate surface area is 71.6 Å². The molecule has 2 aromatic heterocycles. The Hall–Kier alpha value is -1.44. The third-order valence-electron chi connectivity index (χ3n) is 1.94. The predicted octanol–water partition coefficient (Wildman–Crippen LogP) is 2.24. The number of H-pyrrole nitrogens is 2. The zero-order valence-corrected chi connectivity index (χ0v) is 7.09. The number of nitrogens with one attached hydrogen (secondary N) is 2. The molecule has 0 aromatic carbocycles. The molecule has 0 fully saturated rings. The lowest BCUT2D eigenvalue weighted by atomic mass is 10.2. The minimum atomic E-state index is 0.959. The second-order valence-electron chi connectivity index (χ2n) is 3.04. The van der Waals surface area contributed by atoms with Gasteiger partial charge in [0.2, 0.25) is 0 Å². The average molecular weight is 160 g/mol. The van der Waals surface area contributed by atoms with Crippen molar-refractivity contribution < 1.29 is 0 Å². The lowest BCUT2D eigenvalue weighted by molar-refractivity contribution is 1.04. The van der Waals surface area contributed by atoms with Gasteiger partial charge in [0.25, 0.3) is 0 Å². The molecule has 0 saturated carbocycles. The summed E-state index contributed by atoms with van der Waals surface area (Å²) in [5, 5.41) is 0. The summed E-state index contributed by atoms with van der Waals surface area (Å²) < 4.78 is 0. The van der Waals surface area contributed by atoms with Crippen LogP contribution in [0.1, 0.15) is 17.1 Å². The van der Waals surface area contributed by atoms with E-state index in [1.165, 1.54) is 17.1 Å². The molecular formula is C10H12N2. The van der Waals surface area contributed by atoms with Crippen molar-refractivity contribution in [3.05, 3.63) is 47.5 Å². The Kier molecular flexibility index (Phi) is 1.74. The summed E-state index contributed by atoms with van der Waals surface area (Å²) in [7, 11) is 0. The molecule has 0 saturated heterocycles. The van der Waals surface area contributed by atoms with E-state index in [1.54, 1.807) is 0 Å². The number of aromatic nitrogens is 2. The summed E-state index contributed by atoms with van der Waals surface area (Å²) >= 11 is 0. The lowest BCUT2D eigenvalue weighted by Gasteiger charge is -1.93. The quantitative estimate of drug-likeness (QED) is 0.675. The van der Waals surface area contributed by atoms with E-state index in [2.05, 4.69) is 35.1 Å². The molecule has 0 unspecified atom stereocenters. The first-order valence-corrected chi connectivity index (χ1v) is 4.11. The summed E-state index contributed by atoms with van der Waals surface area (Å²) in [6.07, 6.45) is 2.91. The third-order valence-corrected chi connectivity index (χ3v) is 1.94. The van der Waals surface area contributed by atoms with Gasteiger partial charge in [-0.3, -0.25) is 0 Å². The molecular weight excluding hydrogens is 148 g/mol. The van der Waals surface area contributed by atoms with Crippen LogP contribution in [0.25, 0.3) is 0 Å². The highest BCUT2D eigenvalue weighted by Gasteiger charge is 1.97. The van der Waals surface area contributed by atoms with Crippen molar-refractivity contribution in [2.75, 3.05) is 0 Å². The maximum Gasteiger partial charge on any atom is 0.0278 e. The van der Waals surface area contributed by atoms with Gasteiger partial charge in [0, 0.05) is 29.7 Å². The van der Waals surface area contributed by atoms with Gasteiger partial charge in [-0.05, 0) is 31.2 Å². The smallest absolute Gasteiger partial charge is 0.0278 e. The maximum absolute atomic E-state index is 3.29. The molecule has 0 bridgehead atoms. The van der Waals surface area contributed by atoms with Crippen molar-refractivity contribution in [1.29, 1.82) is 0 Å². The van der Waals surface area contributed by atoms with Crippen molar-refractivity contribution in [2.24, 2.45) is 0 Å². The van der Waals surface area contributed by atoms with Gasteiger partial charge in [-0.15, -0.1) is 0 Å². The van der Waals surface area contributed by atoms with E-state index in [0.717, 1.165) is 6.42 Å². The average Bonchev–Trinajstić information content (AvgIpc) is 2.63. The fourth-order valence-electron chi connectivity index (χ4n) is 1.35. The van der Waals surface area contributed by atoms with E-state index in [1.807, 2.05) is 12.3 Å². The second-order valence-corrected chi connectivity index (χ2v) is 3.04. The van der Waals surface area contributed by atoms with Crippen LogP contribution in [0, 0.1) is 6.92 Å². The molecule has 0 aliphatic carbocycles. The van der Waals surface area contributed by atoms with Crippen LogP contribution in [0.15, 0.2) is 30.5 Å². The summed E-state index contributed by atoms with van der Waals surface area (Å²) in [6, 6.07) is 8.33. The van der Waals surface area contributed by atoms with Crippen molar-refractivity contribution in [3.63, 3.8) is 0 Å². The molecule has 2 nitrogen and oxygen atoms in total. The van der Waals surface area contributed by atoms with Crippen LogP contribution in [0.5, 0.6) is 0 Å². The van der Waals surface area contributed by atoms with Gasteiger partial charge in [0.1, 0.15) is 0 Å². The van der Waals surface area contributed by atoms with Crippen molar-refractivity contribution in [1.82, 2.24) is 9.97 Å². The van der Waals surface area contributed by atoms with E-state index >= 15 is 0 Å². The van der Waals surface area contributed by atoms with E-state index in [0.29, 0.717) is 0 Å². The molecule has 2 aromatic rings. The van der Waals surface area contributed by atoms with Gasteiger partial charge in [0.15, 0.2) is 0 Å². The highest BCUT2D eigenvalue weighted by atomic mass is 14.7. The summed E-state index contributed by atoms with van der Waals surface area (Å²) in [4.78, 5) is 6.47. The van der Waals surface area contributed by atoms with Crippen molar-refractivity contribution >= 4 is 0 Å². The minimum Gasteiger partial charge on any atom is -0.365 e. The number of rotatable bonds is 2. The normalized spacial score (nSPS) is 10.4. The lowest BCUT2D eigenvalue weighted by Crippen LogP contribution is -1.87. The second kappa shape index (κ2) is 2.89. The third kappa shape index (κ3) is 1.42. The van der Waals surface area contributed by atoms with E-state index in [4.69, 9.17) is 0 Å². The van der Waals surface area contributed by atoms with Crippen LogP contribution in [-0.4, -0.2) is 9.97 Å². The van der Waals surface area contributed by atoms with Crippen LogP contribution in [0.4, 0.5) is 0 Å². The topological polar surface area (TPSA) is 31.6 Å². The number of aryl methyl sites for hydroxylation is 1. The standard InChI is InChI=1S/C10H12N2/c1-8-4-5-10(12-8)7-9-3-2-6-11-9/h2-6,11-12H,7H2,1H3. The first-order chi connectivity index (χ1) is 5.84. The molecule has 2 rings (SSSR count). The minimum absolute atomic E-state index is 0.959. The highest BCUT2D eigenvalue weighted by Crippen LogP contribution is 2.06. The number of hydrogen-bond donors (Lipinski definition) is 2. The van der Waals surface area contributed by atoms with Crippen LogP contribution < -0.4 is 0 Å². The van der Waals surface area contributed by atoms with Crippen molar-refractivity contribution in [2.45, 2.75) is 13.3 Å². The summed E-state index contributed by atoms with van der Waals surface area (Å²) in [5.74, 6) is 0. The Balaban J connectivity index is 2.14. The molecule has 0 aliphatic rings. The predicted molar refractivity (Wildman–Crippen MR) is 49.1 cm³/mol. The summed E-state index contributed by atoms with van der Waals surface area (Å²) in [5.41, 5.74) is 3.73. The van der Waals surface area contributed by atoms with Crippen molar-refractivity contribution in [3.8, 4) is 0 Å². The highest BCUT2D eigenvalue weighted by molar-refractivity contribution is 5.18. The van der Waals surface area contributed by atoms with Gasteiger partial charge >= 0.3 is 0 Å². The largest absolute Gasteiger partial charge is 0.365 e. The van der Waals surface area contributed by atoms with E-state index < -0.39 is 0 Å².